The van der Waals surface area contributed by atoms with Gasteiger partial charge in [-0.1, -0.05) is 32.4 Å². The molecule has 136 valence electrons. The number of rotatable bonds is 4. The summed E-state index contributed by atoms with van der Waals surface area (Å²) >= 11 is 0. The molecular weight excluding hydrogens is 315 g/mol. The Morgan fingerprint density at radius 1 is 1.32 bits per heavy atom. The lowest BCUT2D eigenvalue weighted by atomic mass is 9.72. The Balaban J connectivity index is 0.000000880. The van der Waals surface area contributed by atoms with E-state index in [1.165, 1.54) is 24.8 Å². The summed E-state index contributed by atoms with van der Waals surface area (Å²) in [5.41, 5.74) is 3.92. The Kier molecular flexibility index (Phi) is 5.67. The molecule has 1 saturated carbocycles. The number of nitrogens with zero attached hydrogens (tertiary/aromatic N) is 2. The lowest BCUT2D eigenvalue weighted by Crippen LogP contribution is -2.28. The fourth-order valence-electron chi connectivity index (χ4n) is 4.61. The molecule has 3 nitrogen and oxygen atoms in total. The standard InChI is InChI=1S/C19H23FN2O.C2H6/c1-23-10-9-19-8-4-5-13(12-19)15-11-17(21-22-18(15)19)14-6-2-3-7-16(14)20;1-2/h2,6,11,13H,3-5,7-10,12H2,1H3;1-2H3/t13-,19-;/m0./s1. The van der Waals surface area contributed by atoms with Crippen molar-refractivity contribution in [3.63, 3.8) is 0 Å². The highest BCUT2D eigenvalue weighted by Gasteiger charge is 2.47. The van der Waals surface area contributed by atoms with Crippen LogP contribution in [0.1, 0.15) is 81.7 Å². The minimum atomic E-state index is -0.0585. The first kappa shape index (κ1) is 18.2. The Morgan fingerprint density at radius 2 is 2.16 bits per heavy atom. The van der Waals surface area contributed by atoms with Gasteiger partial charge < -0.3 is 4.74 Å². The molecule has 0 N–H and O–H groups in total. The highest BCUT2D eigenvalue weighted by atomic mass is 19.1. The van der Waals surface area contributed by atoms with Crippen LogP contribution >= 0.6 is 0 Å². The van der Waals surface area contributed by atoms with Crippen LogP contribution in [0, 0.1) is 0 Å². The largest absolute Gasteiger partial charge is 0.385 e. The summed E-state index contributed by atoms with van der Waals surface area (Å²) in [6.07, 6.45) is 10.9. The highest BCUT2D eigenvalue weighted by molar-refractivity contribution is 5.74. The van der Waals surface area contributed by atoms with Gasteiger partial charge in [0, 0.05) is 31.1 Å². The fourth-order valence-corrected chi connectivity index (χ4v) is 4.61. The van der Waals surface area contributed by atoms with Crippen molar-refractivity contribution in [2.24, 2.45) is 0 Å². The molecule has 4 rings (SSSR count). The first-order chi connectivity index (χ1) is 12.2. The minimum Gasteiger partial charge on any atom is -0.385 e. The third kappa shape index (κ3) is 3.29. The van der Waals surface area contributed by atoms with E-state index < -0.39 is 0 Å². The second kappa shape index (κ2) is 7.77. The second-order valence-corrected chi connectivity index (χ2v) is 7.11. The van der Waals surface area contributed by atoms with E-state index in [1.54, 1.807) is 7.11 Å². The van der Waals surface area contributed by atoms with Crippen LogP contribution in [0.4, 0.5) is 4.39 Å². The molecule has 4 heteroatoms. The number of allylic oxidation sites excluding steroid dienone is 4. The molecule has 0 amide bonds. The molecule has 0 unspecified atom stereocenters. The van der Waals surface area contributed by atoms with Crippen LogP contribution < -0.4 is 0 Å². The van der Waals surface area contributed by atoms with Crippen molar-refractivity contribution in [1.82, 2.24) is 10.2 Å². The summed E-state index contributed by atoms with van der Waals surface area (Å²) in [6.45, 7) is 4.76. The van der Waals surface area contributed by atoms with Crippen molar-refractivity contribution in [2.45, 2.75) is 70.1 Å². The smallest absolute Gasteiger partial charge is 0.110 e. The van der Waals surface area contributed by atoms with Gasteiger partial charge in [0.15, 0.2) is 0 Å². The summed E-state index contributed by atoms with van der Waals surface area (Å²) in [6, 6.07) is 2.11. The maximum Gasteiger partial charge on any atom is 0.110 e. The highest BCUT2D eigenvalue weighted by Crippen LogP contribution is 2.55. The van der Waals surface area contributed by atoms with Gasteiger partial charge in [0.1, 0.15) is 5.83 Å². The van der Waals surface area contributed by atoms with E-state index in [0.29, 0.717) is 23.6 Å². The predicted octanol–water partition coefficient (Wildman–Crippen LogP) is 5.48. The maximum absolute atomic E-state index is 14.1. The molecule has 1 aromatic heterocycles. The van der Waals surface area contributed by atoms with E-state index in [4.69, 9.17) is 4.74 Å². The molecule has 2 bridgehead atoms. The van der Waals surface area contributed by atoms with Gasteiger partial charge in [0.2, 0.25) is 0 Å². The van der Waals surface area contributed by atoms with E-state index in [0.717, 1.165) is 31.6 Å². The average molecular weight is 344 g/mol. The molecule has 2 atom stereocenters. The van der Waals surface area contributed by atoms with Crippen molar-refractivity contribution in [1.29, 1.82) is 0 Å². The number of aromatic nitrogens is 2. The molecule has 1 heterocycles. The lowest BCUT2D eigenvalue weighted by molar-refractivity contribution is 0.150. The van der Waals surface area contributed by atoms with Gasteiger partial charge >= 0.3 is 0 Å². The number of hydrogen-bond acceptors (Lipinski definition) is 3. The number of hydrogen-bond donors (Lipinski definition) is 0. The molecule has 0 spiro atoms. The van der Waals surface area contributed by atoms with Crippen LogP contribution in [0.3, 0.4) is 0 Å². The topological polar surface area (TPSA) is 35.0 Å². The molecular formula is C21H29FN2O. The van der Waals surface area contributed by atoms with Crippen LogP contribution in [-0.4, -0.2) is 23.9 Å². The van der Waals surface area contributed by atoms with Gasteiger partial charge in [-0.05, 0) is 49.7 Å². The van der Waals surface area contributed by atoms with Crippen LogP contribution in [0.15, 0.2) is 24.0 Å². The molecule has 0 saturated heterocycles. The quantitative estimate of drug-likeness (QED) is 0.725. The number of ether oxygens (including phenoxy) is 1. The minimum absolute atomic E-state index is 0.0585. The summed E-state index contributed by atoms with van der Waals surface area (Å²) in [5.74, 6) is 0.498. The number of halogens is 1. The third-order valence-corrected chi connectivity index (χ3v) is 5.78. The van der Waals surface area contributed by atoms with E-state index in [-0.39, 0.29) is 11.2 Å². The molecule has 3 aliphatic carbocycles. The summed E-state index contributed by atoms with van der Waals surface area (Å²) in [5, 5.41) is 8.99. The van der Waals surface area contributed by atoms with Gasteiger partial charge in [-0.25, -0.2) is 4.39 Å². The monoisotopic (exact) mass is 344 g/mol. The van der Waals surface area contributed by atoms with Gasteiger partial charge in [0.05, 0.1) is 11.4 Å². The van der Waals surface area contributed by atoms with Crippen molar-refractivity contribution < 1.29 is 9.13 Å². The van der Waals surface area contributed by atoms with E-state index in [1.807, 2.05) is 26.0 Å². The molecule has 0 radical (unpaired) electrons. The Hall–Kier alpha value is -1.55. The zero-order valence-corrected chi connectivity index (χ0v) is 15.6. The van der Waals surface area contributed by atoms with Gasteiger partial charge in [-0.15, -0.1) is 0 Å². The van der Waals surface area contributed by atoms with E-state index >= 15 is 0 Å². The molecule has 1 fully saturated rings. The van der Waals surface area contributed by atoms with Gasteiger partial charge in [-0.3, -0.25) is 0 Å². The Bertz CT molecular complexity index is 682. The first-order valence-corrected chi connectivity index (χ1v) is 9.66. The van der Waals surface area contributed by atoms with Crippen LogP contribution in [0.2, 0.25) is 0 Å². The van der Waals surface area contributed by atoms with Crippen molar-refractivity contribution >= 4 is 5.57 Å². The van der Waals surface area contributed by atoms with E-state index in [9.17, 15) is 4.39 Å². The molecule has 0 aliphatic heterocycles. The van der Waals surface area contributed by atoms with Crippen molar-refractivity contribution in [2.75, 3.05) is 13.7 Å². The molecule has 1 aromatic rings. The van der Waals surface area contributed by atoms with Crippen LogP contribution in [0.5, 0.6) is 0 Å². The molecule has 25 heavy (non-hydrogen) atoms. The maximum atomic E-state index is 14.1. The first-order valence-electron chi connectivity index (χ1n) is 9.66. The zero-order chi connectivity index (χ0) is 17.9. The third-order valence-electron chi connectivity index (χ3n) is 5.78. The zero-order valence-electron chi connectivity index (χ0n) is 15.6. The Morgan fingerprint density at radius 3 is 2.92 bits per heavy atom. The summed E-state index contributed by atoms with van der Waals surface area (Å²) in [7, 11) is 1.76. The number of fused-ring (bicyclic) bond motifs is 5. The number of methoxy groups -OCH3 is 1. The normalized spacial score (nSPS) is 27.0. The SMILES string of the molecule is CC.COCC[C@@]12CCC[C@@H](C1)c1cc(C3=C(F)CCC=C3)nnc12. The average Bonchev–Trinajstić information content (AvgIpc) is 2.89. The summed E-state index contributed by atoms with van der Waals surface area (Å²) < 4.78 is 19.5. The predicted molar refractivity (Wildman–Crippen MR) is 99.2 cm³/mol. The lowest BCUT2D eigenvalue weighted by Gasteiger charge is -2.32. The van der Waals surface area contributed by atoms with E-state index in [2.05, 4.69) is 16.3 Å². The van der Waals surface area contributed by atoms with Gasteiger partial charge in [0.25, 0.3) is 0 Å². The van der Waals surface area contributed by atoms with Gasteiger partial charge in [-0.2, -0.15) is 10.2 Å². The Labute approximate surface area is 150 Å². The van der Waals surface area contributed by atoms with Crippen molar-refractivity contribution in [3.05, 3.63) is 41.0 Å². The fraction of sp³-hybridized carbons (Fsp3) is 0.619. The van der Waals surface area contributed by atoms with Crippen molar-refractivity contribution in [3.8, 4) is 0 Å². The molecule has 0 aromatic carbocycles. The molecule has 3 aliphatic rings. The second-order valence-electron chi connectivity index (χ2n) is 7.11. The van der Waals surface area contributed by atoms with Crippen LogP contribution in [-0.2, 0) is 10.2 Å². The summed E-state index contributed by atoms with van der Waals surface area (Å²) in [4.78, 5) is 0. The van der Waals surface area contributed by atoms with Crippen LogP contribution in [0.25, 0.3) is 5.57 Å².